The van der Waals surface area contributed by atoms with Crippen LogP contribution < -0.4 is 10.6 Å². The highest BCUT2D eigenvalue weighted by Crippen LogP contribution is 2.14. The molecular weight excluding hydrogens is 204 g/mol. The summed E-state index contributed by atoms with van der Waals surface area (Å²) in [5, 5.41) is 5.12. The quantitative estimate of drug-likeness (QED) is 0.741. The summed E-state index contributed by atoms with van der Waals surface area (Å²) in [7, 11) is 0. The van der Waals surface area contributed by atoms with Crippen molar-refractivity contribution in [3.05, 3.63) is 29.8 Å². The first-order valence-electron chi connectivity index (χ1n) is 4.73. The Morgan fingerprint density at radius 2 is 2.06 bits per heavy atom. The zero-order valence-electron chi connectivity index (χ0n) is 8.91. The second-order valence-corrected chi connectivity index (χ2v) is 3.11. The second-order valence-electron chi connectivity index (χ2n) is 3.11. The summed E-state index contributed by atoms with van der Waals surface area (Å²) in [6.07, 6.45) is 5.04. The number of nitrogens with one attached hydrogen (secondary N) is 2. The average Bonchev–Trinajstić information content (AvgIpc) is 2.26. The van der Waals surface area contributed by atoms with Gasteiger partial charge in [-0.25, -0.2) is 0 Å². The Hall–Kier alpha value is -2.28. The highest BCUT2D eigenvalue weighted by atomic mass is 16.2. The second kappa shape index (κ2) is 5.56. The molecule has 0 aliphatic heterocycles. The zero-order chi connectivity index (χ0) is 12.0. The molecule has 2 amide bonds. The first-order chi connectivity index (χ1) is 7.65. The molecule has 0 saturated carbocycles. The van der Waals surface area contributed by atoms with Gasteiger partial charge in [-0.3, -0.25) is 9.59 Å². The SMILES string of the molecule is C#CCNC(=O)c1ccccc1NC(C)=O. The van der Waals surface area contributed by atoms with E-state index in [1.54, 1.807) is 24.3 Å². The minimum atomic E-state index is -0.303. The van der Waals surface area contributed by atoms with Crippen LogP contribution in [0.2, 0.25) is 0 Å². The van der Waals surface area contributed by atoms with Gasteiger partial charge in [-0.15, -0.1) is 6.42 Å². The van der Waals surface area contributed by atoms with Crippen molar-refractivity contribution >= 4 is 17.5 Å². The maximum Gasteiger partial charge on any atom is 0.254 e. The van der Waals surface area contributed by atoms with Crippen molar-refractivity contribution in [2.75, 3.05) is 11.9 Å². The van der Waals surface area contributed by atoms with Gasteiger partial charge in [0.05, 0.1) is 17.8 Å². The number of hydrogen-bond donors (Lipinski definition) is 2. The molecule has 0 atom stereocenters. The summed E-state index contributed by atoms with van der Waals surface area (Å²) in [6, 6.07) is 6.74. The van der Waals surface area contributed by atoms with Crippen LogP contribution in [0, 0.1) is 12.3 Å². The summed E-state index contributed by atoms with van der Waals surface area (Å²) >= 11 is 0. The highest BCUT2D eigenvalue weighted by molar-refractivity contribution is 6.03. The Kier molecular flexibility index (Phi) is 4.10. The van der Waals surface area contributed by atoms with Crippen LogP contribution in [0.25, 0.3) is 0 Å². The van der Waals surface area contributed by atoms with Crippen LogP contribution in [-0.2, 0) is 4.79 Å². The smallest absolute Gasteiger partial charge is 0.254 e. The molecule has 0 saturated heterocycles. The van der Waals surface area contributed by atoms with Gasteiger partial charge in [0.25, 0.3) is 5.91 Å². The summed E-state index contributed by atoms with van der Waals surface area (Å²) in [6.45, 7) is 1.55. The monoisotopic (exact) mass is 216 g/mol. The predicted octanol–water partition coefficient (Wildman–Crippen LogP) is 1.01. The Morgan fingerprint density at radius 3 is 2.69 bits per heavy atom. The molecule has 1 rings (SSSR count). The fourth-order valence-electron chi connectivity index (χ4n) is 1.21. The van der Waals surface area contributed by atoms with Crippen molar-refractivity contribution in [1.29, 1.82) is 0 Å². The van der Waals surface area contributed by atoms with E-state index >= 15 is 0 Å². The number of anilines is 1. The van der Waals surface area contributed by atoms with Gasteiger partial charge in [-0.1, -0.05) is 18.1 Å². The summed E-state index contributed by atoms with van der Waals surface area (Å²) in [4.78, 5) is 22.6. The van der Waals surface area contributed by atoms with Crippen molar-refractivity contribution in [1.82, 2.24) is 5.32 Å². The maximum atomic E-state index is 11.6. The Balaban J connectivity index is 2.90. The number of terminal acetylenes is 1. The molecule has 0 bridgehead atoms. The van der Waals surface area contributed by atoms with Crippen molar-refractivity contribution in [3.63, 3.8) is 0 Å². The van der Waals surface area contributed by atoms with Gasteiger partial charge < -0.3 is 10.6 Å². The van der Waals surface area contributed by atoms with Gasteiger partial charge in [-0.2, -0.15) is 0 Å². The molecule has 1 aromatic rings. The van der Waals surface area contributed by atoms with E-state index in [4.69, 9.17) is 6.42 Å². The van der Waals surface area contributed by atoms with Crippen molar-refractivity contribution in [2.24, 2.45) is 0 Å². The van der Waals surface area contributed by atoms with Gasteiger partial charge in [0.15, 0.2) is 0 Å². The third kappa shape index (κ3) is 3.14. The van der Waals surface area contributed by atoms with Crippen LogP contribution in [-0.4, -0.2) is 18.4 Å². The predicted molar refractivity (Wildman–Crippen MR) is 61.9 cm³/mol. The van der Waals surface area contributed by atoms with Crippen LogP contribution in [0.5, 0.6) is 0 Å². The number of carbonyl (C=O) groups excluding carboxylic acids is 2. The molecule has 0 aromatic heterocycles. The molecular formula is C12H12N2O2. The first-order valence-corrected chi connectivity index (χ1v) is 4.73. The van der Waals surface area contributed by atoms with E-state index in [0.29, 0.717) is 11.3 Å². The third-order valence-corrected chi connectivity index (χ3v) is 1.83. The fourth-order valence-corrected chi connectivity index (χ4v) is 1.21. The minimum absolute atomic E-state index is 0.160. The van der Waals surface area contributed by atoms with Crippen LogP contribution in [0.1, 0.15) is 17.3 Å². The number of para-hydroxylation sites is 1. The largest absolute Gasteiger partial charge is 0.341 e. The van der Waals surface area contributed by atoms with E-state index in [-0.39, 0.29) is 18.4 Å². The zero-order valence-corrected chi connectivity index (χ0v) is 8.91. The molecule has 0 unspecified atom stereocenters. The lowest BCUT2D eigenvalue weighted by molar-refractivity contribution is -0.114. The molecule has 2 N–H and O–H groups in total. The van der Waals surface area contributed by atoms with Crippen molar-refractivity contribution in [3.8, 4) is 12.3 Å². The Morgan fingerprint density at radius 1 is 1.38 bits per heavy atom. The molecule has 0 fully saturated rings. The van der Waals surface area contributed by atoms with E-state index in [1.165, 1.54) is 6.92 Å². The van der Waals surface area contributed by atoms with Gasteiger partial charge in [0.2, 0.25) is 5.91 Å². The number of amides is 2. The van der Waals surface area contributed by atoms with Gasteiger partial charge in [0, 0.05) is 6.92 Å². The normalized spacial score (nSPS) is 9.00. The van der Waals surface area contributed by atoms with E-state index in [9.17, 15) is 9.59 Å². The summed E-state index contributed by atoms with van der Waals surface area (Å²) in [5.41, 5.74) is 0.873. The summed E-state index contributed by atoms with van der Waals surface area (Å²) in [5.74, 6) is 1.78. The lowest BCUT2D eigenvalue weighted by atomic mass is 10.1. The Bertz CT molecular complexity index is 447. The molecule has 0 aliphatic carbocycles. The van der Waals surface area contributed by atoms with E-state index < -0.39 is 0 Å². The van der Waals surface area contributed by atoms with Gasteiger partial charge in [0.1, 0.15) is 0 Å². The lowest BCUT2D eigenvalue weighted by Gasteiger charge is -2.08. The van der Waals surface area contributed by atoms with E-state index in [2.05, 4.69) is 16.6 Å². The number of benzene rings is 1. The molecule has 4 heteroatoms. The van der Waals surface area contributed by atoms with Crippen LogP contribution >= 0.6 is 0 Å². The maximum absolute atomic E-state index is 11.6. The molecule has 0 spiro atoms. The van der Waals surface area contributed by atoms with Crippen molar-refractivity contribution in [2.45, 2.75) is 6.92 Å². The third-order valence-electron chi connectivity index (χ3n) is 1.83. The first kappa shape index (κ1) is 11.8. The highest BCUT2D eigenvalue weighted by Gasteiger charge is 2.10. The van der Waals surface area contributed by atoms with Crippen LogP contribution in [0.15, 0.2) is 24.3 Å². The number of carbonyl (C=O) groups is 2. The van der Waals surface area contributed by atoms with Gasteiger partial charge in [-0.05, 0) is 12.1 Å². The summed E-state index contributed by atoms with van der Waals surface area (Å²) < 4.78 is 0. The molecule has 4 nitrogen and oxygen atoms in total. The topological polar surface area (TPSA) is 58.2 Å². The molecule has 0 heterocycles. The van der Waals surface area contributed by atoms with E-state index in [1.807, 2.05) is 0 Å². The van der Waals surface area contributed by atoms with Gasteiger partial charge >= 0.3 is 0 Å². The standard InChI is InChI=1S/C12H12N2O2/c1-3-8-13-12(16)10-6-4-5-7-11(10)14-9(2)15/h1,4-7H,8H2,2H3,(H,13,16)(H,14,15). The molecule has 16 heavy (non-hydrogen) atoms. The molecule has 82 valence electrons. The average molecular weight is 216 g/mol. The molecule has 0 radical (unpaired) electrons. The molecule has 1 aromatic carbocycles. The van der Waals surface area contributed by atoms with Crippen molar-refractivity contribution < 1.29 is 9.59 Å². The number of rotatable bonds is 3. The van der Waals surface area contributed by atoms with Crippen LogP contribution in [0.4, 0.5) is 5.69 Å². The fraction of sp³-hybridized carbons (Fsp3) is 0.167. The lowest BCUT2D eigenvalue weighted by Crippen LogP contribution is -2.25. The Labute approximate surface area is 94.0 Å². The molecule has 0 aliphatic rings. The van der Waals surface area contributed by atoms with E-state index in [0.717, 1.165) is 0 Å². The number of hydrogen-bond acceptors (Lipinski definition) is 2. The minimum Gasteiger partial charge on any atom is -0.341 e. The van der Waals surface area contributed by atoms with Crippen LogP contribution in [0.3, 0.4) is 0 Å².